The van der Waals surface area contributed by atoms with Crippen molar-refractivity contribution >= 4 is 23.1 Å². The zero-order valence-electron chi connectivity index (χ0n) is 16.2. The molecular formula is C21H25ClN6. The predicted octanol–water partition coefficient (Wildman–Crippen LogP) is 3.28. The van der Waals surface area contributed by atoms with Gasteiger partial charge >= 0.3 is 0 Å². The molecule has 2 aromatic heterocycles. The van der Waals surface area contributed by atoms with E-state index in [0.29, 0.717) is 23.0 Å². The van der Waals surface area contributed by atoms with Crippen molar-refractivity contribution in [3.8, 4) is 0 Å². The second-order valence-corrected chi connectivity index (χ2v) is 8.75. The number of rotatable bonds is 2. The lowest BCUT2D eigenvalue weighted by Crippen LogP contribution is -2.47. The van der Waals surface area contributed by atoms with Gasteiger partial charge in [0.1, 0.15) is 11.5 Å². The first-order chi connectivity index (χ1) is 13.6. The van der Waals surface area contributed by atoms with Gasteiger partial charge in [-0.05, 0) is 44.1 Å². The van der Waals surface area contributed by atoms with Crippen LogP contribution in [-0.2, 0) is 6.54 Å². The van der Waals surface area contributed by atoms with Crippen molar-refractivity contribution in [2.75, 3.05) is 18.0 Å². The van der Waals surface area contributed by atoms with Crippen LogP contribution < -0.4 is 10.6 Å². The summed E-state index contributed by atoms with van der Waals surface area (Å²) in [7, 11) is 0. The van der Waals surface area contributed by atoms with E-state index in [2.05, 4.69) is 14.9 Å². The SMILES string of the molecule is Cc1cc(C2=NCc3nc(N4CCC5(CCC[C@H]5N)CC4)cnc32)c(Cl)cn1. The van der Waals surface area contributed by atoms with Crippen molar-refractivity contribution in [1.82, 2.24) is 15.0 Å². The number of anilines is 1. The van der Waals surface area contributed by atoms with E-state index in [4.69, 9.17) is 27.3 Å². The van der Waals surface area contributed by atoms with Gasteiger partial charge in [-0.2, -0.15) is 0 Å². The molecule has 1 atom stereocenters. The monoisotopic (exact) mass is 396 g/mol. The summed E-state index contributed by atoms with van der Waals surface area (Å²) in [5, 5.41) is 0.595. The molecule has 2 fully saturated rings. The molecular weight excluding hydrogens is 372 g/mol. The minimum absolute atomic E-state index is 0.354. The van der Waals surface area contributed by atoms with Crippen molar-refractivity contribution in [1.29, 1.82) is 0 Å². The molecule has 28 heavy (non-hydrogen) atoms. The van der Waals surface area contributed by atoms with E-state index in [1.807, 2.05) is 19.2 Å². The quantitative estimate of drug-likeness (QED) is 0.842. The maximum atomic E-state index is 6.42. The lowest BCUT2D eigenvalue weighted by molar-refractivity contribution is 0.197. The first kappa shape index (κ1) is 18.0. The Bertz CT molecular complexity index is 948. The van der Waals surface area contributed by atoms with Crippen molar-refractivity contribution in [3.63, 3.8) is 0 Å². The molecule has 0 amide bonds. The highest BCUT2D eigenvalue weighted by Gasteiger charge is 2.43. The first-order valence-electron chi connectivity index (χ1n) is 10.1. The number of fused-ring (bicyclic) bond motifs is 1. The number of nitrogens with zero attached hydrogens (tertiary/aromatic N) is 5. The van der Waals surface area contributed by atoms with Gasteiger partial charge in [-0.3, -0.25) is 9.98 Å². The number of hydrogen-bond acceptors (Lipinski definition) is 6. The van der Waals surface area contributed by atoms with Gasteiger partial charge in [0.25, 0.3) is 0 Å². The van der Waals surface area contributed by atoms with E-state index >= 15 is 0 Å². The molecule has 0 unspecified atom stereocenters. The third kappa shape index (κ3) is 2.90. The van der Waals surface area contributed by atoms with Crippen LogP contribution in [0.15, 0.2) is 23.5 Å². The van der Waals surface area contributed by atoms with Crippen molar-refractivity contribution in [3.05, 3.63) is 46.1 Å². The van der Waals surface area contributed by atoms with Gasteiger partial charge < -0.3 is 10.6 Å². The molecule has 0 radical (unpaired) electrons. The van der Waals surface area contributed by atoms with Crippen LogP contribution in [0.1, 0.15) is 54.7 Å². The highest BCUT2D eigenvalue weighted by Crippen LogP contribution is 2.45. The van der Waals surface area contributed by atoms with E-state index in [1.165, 1.54) is 19.3 Å². The molecule has 5 rings (SSSR count). The van der Waals surface area contributed by atoms with E-state index in [0.717, 1.165) is 60.1 Å². The van der Waals surface area contributed by atoms with E-state index in [-0.39, 0.29) is 0 Å². The Morgan fingerprint density at radius 2 is 2.00 bits per heavy atom. The summed E-state index contributed by atoms with van der Waals surface area (Å²) < 4.78 is 0. The van der Waals surface area contributed by atoms with Crippen LogP contribution in [0.4, 0.5) is 5.82 Å². The number of halogens is 1. The van der Waals surface area contributed by atoms with Gasteiger partial charge in [0, 0.05) is 36.6 Å². The summed E-state index contributed by atoms with van der Waals surface area (Å²) in [6.07, 6.45) is 9.59. The standard InChI is InChI=1S/C21H25ClN6/c1-13-9-14(15(22)10-24-13)19-20-16(11-25-19)27-18(12-26-20)28-7-5-21(6-8-28)4-2-3-17(21)23/h9-10,12,17H,2-8,11,23H2,1H3/t17-/m1/s1. The molecule has 2 N–H and O–H groups in total. The number of hydrogen-bond donors (Lipinski definition) is 1. The fraction of sp³-hybridized carbons (Fsp3) is 0.524. The summed E-state index contributed by atoms with van der Waals surface area (Å²) in [6, 6.07) is 2.33. The molecule has 2 aromatic rings. The lowest BCUT2D eigenvalue weighted by atomic mass is 9.74. The maximum absolute atomic E-state index is 6.42. The molecule has 1 spiro atoms. The molecule has 1 saturated heterocycles. The number of nitrogens with two attached hydrogens (primary N) is 1. The normalized spacial score (nSPS) is 23.2. The summed E-state index contributed by atoms with van der Waals surface area (Å²) in [4.78, 5) is 20.9. The molecule has 0 bridgehead atoms. The van der Waals surface area contributed by atoms with Crippen LogP contribution in [0.5, 0.6) is 0 Å². The minimum atomic E-state index is 0.354. The Morgan fingerprint density at radius 1 is 1.18 bits per heavy atom. The molecule has 1 saturated carbocycles. The Hall–Kier alpha value is -2.05. The molecule has 146 valence electrons. The Labute approximate surface area is 170 Å². The molecule has 3 aliphatic rings. The number of aliphatic imine (C=N–C) groups is 1. The lowest BCUT2D eigenvalue weighted by Gasteiger charge is -2.42. The average molecular weight is 397 g/mol. The molecule has 4 heterocycles. The number of aryl methyl sites for hydroxylation is 1. The Balaban J connectivity index is 1.36. The fourth-order valence-electron chi connectivity index (χ4n) is 5.01. The smallest absolute Gasteiger partial charge is 0.147 e. The third-order valence-corrected chi connectivity index (χ3v) is 7.05. The molecule has 7 heteroatoms. The van der Waals surface area contributed by atoms with Crippen LogP contribution in [-0.4, -0.2) is 39.8 Å². The van der Waals surface area contributed by atoms with Crippen molar-refractivity contribution in [2.24, 2.45) is 16.1 Å². The van der Waals surface area contributed by atoms with Crippen LogP contribution in [0, 0.1) is 12.3 Å². The average Bonchev–Trinajstić information content (AvgIpc) is 3.28. The summed E-state index contributed by atoms with van der Waals surface area (Å²) >= 11 is 6.36. The van der Waals surface area contributed by atoms with Crippen molar-refractivity contribution < 1.29 is 0 Å². The maximum Gasteiger partial charge on any atom is 0.147 e. The molecule has 6 nitrogen and oxygen atoms in total. The summed E-state index contributed by atoms with van der Waals surface area (Å²) in [5.74, 6) is 0.952. The fourth-order valence-corrected chi connectivity index (χ4v) is 5.20. The van der Waals surface area contributed by atoms with Gasteiger partial charge in [-0.1, -0.05) is 18.0 Å². The second-order valence-electron chi connectivity index (χ2n) is 8.34. The van der Waals surface area contributed by atoms with Gasteiger partial charge in [0.05, 0.1) is 29.2 Å². The number of aromatic nitrogens is 3. The number of pyridine rings is 1. The molecule has 1 aliphatic carbocycles. The Kier molecular flexibility index (Phi) is 4.36. The summed E-state index contributed by atoms with van der Waals surface area (Å²) in [6.45, 7) is 4.50. The number of piperidine rings is 1. The highest BCUT2D eigenvalue weighted by molar-refractivity contribution is 6.35. The van der Waals surface area contributed by atoms with Crippen LogP contribution in [0.25, 0.3) is 0 Å². The summed E-state index contributed by atoms with van der Waals surface area (Å²) in [5.41, 5.74) is 11.1. The zero-order chi connectivity index (χ0) is 19.3. The second kappa shape index (κ2) is 6.78. The molecule has 0 aromatic carbocycles. The van der Waals surface area contributed by atoms with Gasteiger partial charge in [0.2, 0.25) is 0 Å². The minimum Gasteiger partial charge on any atom is -0.355 e. The van der Waals surface area contributed by atoms with Crippen LogP contribution in [0.2, 0.25) is 5.02 Å². The van der Waals surface area contributed by atoms with E-state index in [9.17, 15) is 0 Å². The van der Waals surface area contributed by atoms with Crippen molar-refractivity contribution in [2.45, 2.75) is 51.6 Å². The van der Waals surface area contributed by atoms with E-state index < -0.39 is 0 Å². The highest BCUT2D eigenvalue weighted by atomic mass is 35.5. The Morgan fingerprint density at radius 3 is 2.75 bits per heavy atom. The van der Waals surface area contributed by atoms with Gasteiger partial charge in [-0.15, -0.1) is 0 Å². The molecule has 2 aliphatic heterocycles. The third-order valence-electron chi connectivity index (χ3n) is 6.75. The zero-order valence-corrected chi connectivity index (χ0v) is 16.9. The van der Waals surface area contributed by atoms with Crippen LogP contribution >= 0.6 is 11.6 Å². The first-order valence-corrected chi connectivity index (χ1v) is 10.5. The topological polar surface area (TPSA) is 80.3 Å². The van der Waals surface area contributed by atoms with Crippen LogP contribution in [0.3, 0.4) is 0 Å². The largest absolute Gasteiger partial charge is 0.355 e. The predicted molar refractivity (Wildman–Crippen MR) is 111 cm³/mol. The van der Waals surface area contributed by atoms with E-state index in [1.54, 1.807) is 6.20 Å². The van der Waals surface area contributed by atoms with Gasteiger partial charge in [0.15, 0.2) is 0 Å². The van der Waals surface area contributed by atoms with Gasteiger partial charge in [-0.25, -0.2) is 9.97 Å².